The summed E-state index contributed by atoms with van der Waals surface area (Å²) in [6, 6.07) is 11.4. The van der Waals surface area contributed by atoms with Gasteiger partial charge < -0.3 is 19.8 Å². The first-order chi connectivity index (χ1) is 18.1. The first-order valence-corrected chi connectivity index (χ1v) is 12.9. The average molecular weight is 543 g/mol. The highest BCUT2D eigenvalue weighted by molar-refractivity contribution is 7.91. The number of carbonyl (C=O) groups excluding carboxylic acids is 3. The number of hydrogen-bond donors (Lipinski definition) is 1. The van der Waals surface area contributed by atoms with Crippen LogP contribution in [0.3, 0.4) is 0 Å². The zero-order valence-electron chi connectivity index (χ0n) is 20.1. The Hall–Kier alpha value is -4.52. The minimum atomic E-state index is -4.24. The standard InChI is InChI=1S/C25H22N2O10S/c1-15-18(23(31)21-17(22(15)30)10-7-11-19(21)28)14-20(29)35-12-5-6-13-36-24-25(27(32)37-26-24)38(33,34)16-8-3-2-4-9-16/h2-4,7-11,28H,5-6,12-14H2,1H3. The third-order valence-electron chi connectivity index (χ3n) is 5.80. The van der Waals surface area contributed by atoms with Crippen molar-refractivity contribution < 1.29 is 46.9 Å². The maximum atomic E-state index is 12.8. The fourth-order valence-corrected chi connectivity index (χ4v) is 5.13. The Kier molecular flexibility index (Phi) is 7.57. The highest BCUT2D eigenvalue weighted by Crippen LogP contribution is 2.33. The van der Waals surface area contributed by atoms with Crippen molar-refractivity contribution in [1.29, 1.82) is 0 Å². The second kappa shape index (κ2) is 10.8. The number of fused-ring (bicyclic) bond motifs is 1. The lowest BCUT2D eigenvalue weighted by Gasteiger charge is -2.19. The molecule has 0 saturated carbocycles. The van der Waals surface area contributed by atoms with E-state index in [1.54, 1.807) is 6.07 Å². The topological polar surface area (TPSA) is 177 Å². The number of ether oxygens (including phenoxy) is 2. The van der Waals surface area contributed by atoms with Gasteiger partial charge in [-0.3, -0.25) is 19.0 Å². The smallest absolute Gasteiger partial charge is 0.414 e. The van der Waals surface area contributed by atoms with Crippen LogP contribution in [0.15, 0.2) is 74.2 Å². The summed E-state index contributed by atoms with van der Waals surface area (Å²) in [5.74, 6) is -2.62. The van der Waals surface area contributed by atoms with Crippen molar-refractivity contribution >= 4 is 27.4 Å². The number of aromatic hydroxyl groups is 1. The lowest BCUT2D eigenvalue weighted by atomic mass is 9.83. The number of sulfone groups is 1. The Labute approximate surface area is 216 Å². The summed E-state index contributed by atoms with van der Waals surface area (Å²) in [5, 5.41) is 24.5. The van der Waals surface area contributed by atoms with E-state index in [2.05, 4.69) is 9.79 Å². The van der Waals surface area contributed by atoms with Gasteiger partial charge in [-0.15, -0.1) is 0 Å². The largest absolute Gasteiger partial charge is 0.507 e. The van der Waals surface area contributed by atoms with E-state index in [0.717, 1.165) is 0 Å². The van der Waals surface area contributed by atoms with E-state index >= 15 is 0 Å². The Bertz CT molecular complexity index is 1540. The predicted octanol–water partition coefficient (Wildman–Crippen LogP) is 2.33. The second-order valence-electron chi connectivity index (χ2n) is 8.27. The van der Waals surface area contributed by atoms with Crippen molar-refractivity contribution in [2.45, 2.75) is 36.1 Å². The van der Waals surface area contributed by atoms with E-state index in [9.17, 15) is 33.1 Å². The fourth-order valence-electron chi connectivity index (χ4n) is 3.84. The molecule has 1 aliphatic rings. The minimum Gasteiger partial charge on any atom is -0.507 e. The highest BCUT2D eigenvalue weighted by atomic mass is 32.2. The summed E-state index contributed by atoms with van der Waals surface area (Å²) in [6.45, 7) is 1.33. The van der Waals surface area contributed by atoms with Gasteiger partial charge in [0.2, 0.25) is 0 Å². The molecule has 4 rings (SSSR count). The molecule has 1 aliphatic carbocycles. The van der Waals surface area contributed by atoms with Gasteiger partial charge in [-0.25, -0.2) is 8.42 Å². The van der Waals surface area contributed by atoms with Crippen LogP contribution in [0.5, 0.6) is 11.6 Å². The van der Waals surface area contributed by atoms with Crippen LogP contribution in [0.1, 0.15) is 46.9 Å². The summed E-state index contributed by atoms with van der Waals surface area (Å²) in [6.07, 6.45) is 0.157. The zero-order chi connectivity index (χ0) is 27.4. The number of phenolic OH excluding ortho intramolecular Hbond substituents is 1. The molecule has 1 heterocycles. The Balaban J connectivity index is 1.28. The molecule has 0 unspecified atom stereocenters. The molecule has 0 atom stereocenters. The molecule has 0 bridgehead atoms. The van der Waals surface area contributed by atoms with Crippen LogP contribution < -0.4 is 9.64 Å². The molecule has 13 heteroatoms. The number of aromatic nitrogens is 2. The number of phenols is 1. The van der Waals surface area contributed by atoms with Crippen LogP contribution in [-0.4, -0.2) is 49.4 Å². The summed E-state index contributed by atoms with van der Waals surface area (Å²) < 4.78 is 40.4. The Morgan fingerprint density at radius 2 is 1.76 bits per heavy atom. The molecule has 198 valence electrons. The third kappa shape index (κ3) is 5.13. The normalized spacial score (nSPS) is 13.4. The first-order valence-electron chi connectivity index (χ1n) is 11.4. The van der Waals surface area contributed by atoms with Gasteiger partial charge in [-0.1, -0.05) is 30.3 Å². The van der Waals surface area contributed by atoms with E-state index in [4.69, 9.17) is 9.47 Å². The molecule has 0 spiro atoms. The van der Waals surface area contributed by atoms with Crippen LogP contribution in [0.4, 0.5) is 0 Å². The molecule has 0 radical (unpaired) electrons. The number of carbonyl (C=O) groups is 3. The first kappa shape index (κ1) is 26.5. The van der Waals surface area contributed by atoms with E-state index in [0.29, 0.717) is 12.8 Å². The molecule has 2 aromatic carbocycles. The molecule has 38 heavy (non-hydrogen) atoms. The lowest BCUT2D eigenvalue weighted by Crippen LogP contribution is -2.31. The van der Waals surface area contributed by atoms with Crippen molar-refractivity contribution in [3.8, 4) is 11.6 Å². The van der Waals surface area contributed by atoms with Gasteiger partial charge in [0, 0.05) is 16.7 Å². The van der Waals surface area contributed by atoms with Crippen LogP contribution in [0, 0.1) is 5.21 Å². The fraction of sp³-hybridized carbons (Fsp3) is 0.240. The molecule has 0 fully saturated rings. The SMILES string of the molecule is CC1=C(CC(=O)OCCCCOc2no[n+]([O-])c2S(=O)(=O)c2ccccc2)C(=O)c2c(O)cccc2C1=O. The molecule has 12 nitrogen and oxygen atoms in total. The van der Waals surface area contributed by atoms with Gasteiger partial charge in [-0.2, -0.15) is 0 Å². The molecule has 0 amide bonds. The summed E-state index contributed by atoms with van der Waals surface area (Å²) in [7, 11) is -4.24. The van der Waals surface area contributed by atoms with E-state index in [1.165, 1.54) is 49.4 Å². The number of esters is 1. The number of unbranched alkanes of at least 4 members (excludes halogenated alkanes) is 1. The van der Waals surface area contributed by atoms with Gasteiger partial charge >= 0.3 is 16.9 Å². The van der Waals surface area contributed by atoms with Crippen LogP contribution in [-0.2, 0) is 19.4 Å². The predicted molar refractivity (Wildman–Crippen MR) is 127 cm³/mol. The second-order valence-corrected chi connectivity index (χ2v) is 10.1. The van der Waals surface area contributed by atoms with Crippen molar-refractivity contribution in [3.05, 3.63) is 76.0 Å². The van der Waals surface area contributed by atoms with Gasteiger partial charge in [0.15, 0.2) is 11.6 Å². The number of nitrogens with zero attached hydrogens (tertiary/aromatic N) is 2. The van der Waals surface area contributed by atoms with Crippen molar-refractivity contribution in [3.63, 3.8) is 0 Å². The Morgan fingerprint density at radius 1 is 1.05 bits per heavy atom. The molecule has 3 aromatic rings. The van der Waals surface area contributed by atoms with E-state index in [-0.39, 0.29) is 51.0 Å². The number of allylic oxidation sites excluding steroid dienone is 1. The maximum absolute atomic E-state index is 12.8. The van der Waals surface area contributed by atoms with Gasteiger partial charge in [0.05, 0.1) is 35.3 Å². The summed E-state index contributed by atoms with van der Waals surface area (Å²) in [4.78, 5) is 37.3. The van der Waals surface area contributed by atoms with Crippen LogP contribution >= 0.6 is 0 Å². The quantitative estimate of drug-likeness (QED) is 0.226. The third-order valence-corrected chi connectivity index (χ3v) is 7.52. The molecular formula is C25H22N2O10S. The van der Waals surface area contributed by atoms with Crippen molar-refractivity contribution in [2.24, 2.45) is 0 Å². The monoisotopic (exact) mass is 542 g/mol. The zero-order valence-corrected chi connectivity index (χ0v) is 20.9. The number of benzene rings is 2. The molecular weight excluding hydrogens is 520 g/mol. The van der Waals surface area contributed by atoms with E-state index < -0.39 is 44.7 Å². The van der Waals surface area contributed by atoms with Crippen LogP contribution in [0.25, 0.3) is 0 Å². The molecule has 0 aliphatic heterocycles. The molecule has 1 N–H and O–H groups in total. The lowest BCUT2D eigenvalue weighted by molar-refractivity contribution is -0.832. The van der Waals surface area contributed by atoms with E-state index in [1.807, 2.05) is 0 Å². The summed E-state index contributed by atoms with van der Waals surface area (Å²) >= 11 is 0. The number of Topliss-reactive ketones (excluding diaryl/α,β-unsaturated/α-hetero) is 2. The van der Waals surface area contributed by atoms with Gasteiger partial charge in [0.1, 0.15) is 5.75 Å². The minimum absolute atomic E-state index is 0.0403. The molecule has 0 saturated heterocycles. The average Bonchev–Trinajstić information content (AvgIpc) is 3.28. The molecule has 1 aromatic heterocycles. The number of hydrogen-bond acceptors (Lipinski definition) is 11. The number of rotatable bonds is 10. The van der Waals surface area contributed by atoms with Crippen molar-refractivity contribution in [2.75, 3.05) is 13.2 Å². The Morgan fingerprint density at radius 3 is 2.50 bits per heavy atom. The summed E-state index contributed by atoms with van der Waals surface area (Å²) in [5.41, 5.74) is 0.0206. The highest BCUT2D eigenvalue weighted by Gasteiger charge is 2.36. The van der Waals surface area contributed by atoms with Gasteiger partial charge in [0.25, 0.3) is 9.84 Å². The van der Waals surface area contributed by atoms with Gasteiger partial charge in [-0.05, 0) is 42.9 Å². The van der Waals surface area contributed by atoms with Crippen molar-refractivity contribution in [1.82, 2.24) is 5.16 Å². The maximum Gasteiger partial charge on any atom is 0.414 e. The van der Waals surface area contributed by atoms with Crippen LogP contribution in [0.2, 0.25) is 0 Å². The number of ketones is 2.